The van der Waals surface area contributed by atoms with E-state index in [1.54, 1.807) is 30.2 Å². The molecule has 0 saturated carbocycles. The van der Waals surface area contributed by atoms with E-state index in [1.165, 1.54) is 0 Å². The number of carbonyl (C=O) groups is 1. The van der Waals surface area contributed by atoms with Crippen molar-refractivity contribution in [3.05, 3.63) is 104 Å². The molecule has 1 unspecified atom stereocenters. The number of fused-ring (bicyclic) bond motifs is 2. The topological polar surface area (TPSA) is 69.0 Å². The van der Waals surface area contributed by atoms with Crippen LogP contribution in [0.25, 0.3) is 11.0 Å². The van der Waals surface area contributed by atoms with E-state index in [1.807, 2.05) is 48.5 Å². The summed E-state index contributed by atoms with van der Waals surface area (Å²) in [7, 11) is 1.60. The van der Waals surface area contributed by atoms with Crippen molar-refractivity contribution in [3.8, 4) is 11.5 Å². The fourth-order valence-corrected chi connectivity index (χ4v) is 5.33. The summed E-state index contributed by atoms with van der Waals surface area (Å²) in [5.74, 6) is 1.02. The molecule has 7 heteroatoms. The standard InChI is InChI=1S/C31H30BrNO5/c1-3-4-8-17-37-25-13-11-21(18-26(25)36-2)28-27-29(34)23-19-22(32)12-14-24(23)38-30(27)31(35)33(28)16-15-20-9-6-5-7-10-20/h5-7,9-14,18-19,28H,3-4,8,15-17H2,1-2H3. The molecule has 5 rings (SSSR count). The van der Waals surface area contributed by atoms with Gasteiger partial charge in [0, 0.05) is 11.0 Å². The maximum absolute atomic E-state index is 13.8. The van der Waals surface area contributed by atoms with Crippen LogP contribution in [-0.2, 0) is 6.42 Å². The van der Waals surface area contributed by atoms with Crippen molar-refractivity contribution in [1.82, 2.24) is 4.90 Å². The summed E-state index contributed by atoms with van der Waals surface area (Å²) in [6.07, 6.45) is 3.81. The van der Waals surface area contributed by atoms with Crippen molar-refractivity contribution in [2.24, 2.45) is 0 Å². The lowest BCUT2D eigenvalue weighted by molar-refractivity contribution is 0.0730. The summed E-state index contributed by atoms with van der Waals surface area (Å²) in [5, 5.41) is 0.434. The van der Waals surface area contributed by atoms with Crippen molar-refractivity contribution >= 4 is 32.8 Å². The first-order valence-corrected chi connectivity index (χ1v) is 13.7. The molecule has 1 aliphatic rings. The Morgan fingerprint density at radius 2 is 1.79 bits per heavy atom. The fourth-order valence-electron chi connectivity index (χ4n) is 4.97. The normalized spacial score (nSPS) is 14.7. The second-order valence-corrected chi connectivity index (χ2v) is 10.3. The predicted octanol–water partition coefficient (Wildman–Crippen LogP) is 6.92. The molecule has 0 aliphatic carbocycles. The van der Waals surface area contributed by atoms with Gasteiger partial charge in [0.05, 0.1) is 30.7 Å². The Bertz CT molecular complexity index is 1510. The third-order valence-corrected chi connectivity index (χ3v) is 7.41. The molecule has 1 aliphatic heterocycles. The third-order valence-electron chi connectivity index (χ3n) is 6.92. The number of benzene rings is 3. The summed E-state index contributed by atoms with van der Waals surface area (Å²) in [4.78, 5) is 29.3. The van der Waals surface area contributed by atoms with Gasteiger partial charge in [0.2, 0.25) is 5.76 Å². The van der Waals surface area contributed by atoms with E-state index in [0.717, 1.165) is 34.9 Å². The lowest BCUT2D eigenvalue weighted by Gasteiger charge is -2.26. The molecule has 196 valence electrons. The number of nitrogens with zero attached hydrogens (tertiary/aromatic N) is 1. The molecular formula is C31H30BrNO5. The first-order valence-electron chi connectivity index (χ1n) is 12.9. The van der Waals surface area contributed by atoms with Gasteiger partial charge in [-0.15, -0.1) is 0 Å². The number of unbranched alkanes of at least 4 members (excludes halogenated alkanes) is 2. The quantitative estimate of drug-likeness (QED) is 0.192. The molecule has 6 nitrogen and oxygen atoms in total. The van der Waals surface area contributed by atoms with Gasteiger partial charge in [0.25, 0.3) is 5.91 Å². The Balaban J connectivity index is 1.58. The first kappa shape index (κ1) is 26.0. The van der Waals surface area contributed by atoms with Crippen LogP contribution in [0.15, 0.2) is 80.4 Å². The molecule has 0 spiro atoms. The van der Waals surface area contributed by atoms with Crippen molar-refractivity contribution in [2.75, 3.05) is 20.3 Å². The Hall–Kier alpha value is -3.58. The maximum atomic E-state index is 13.8. The Morgan fingerprint density at radius 1 is 0.974 bits per heavy atom. The van der Waals surface area contributed by atoms with Crippen molar-refractivity contribution in [2.45, 2.75) is 38.6 Å². The van der Waals surface area contributed by atoms with E-state index >= 15 is 0 Å². The average molecular weight is 576 g/mol. The van der Waals surface area contributed by atoms with Crippen LogP contribution in [0, 0.1) is 0 Å². The van der Waals surface area contributed by atoms with Crippen LogP contribution in [0.4, 0.5) is 0 Å². The molecule has 0 bridgehead atoms. The molecule has 1 aromatic heterocycles. The van der Waals surface area contributed by atoms with Crippen LogP contribution < -0.4 is 14.9 Å². The van der Waals surface area contributed by atoms with Crippen LogP contribution in [0.2, 0.25) is 0 Å². The van der Waals surface area contributed by atoms with Crippen LogP contribution in [0.5, 0.6) is 11.5 Å². The molecule has 4 aromatic rings. The lowest BCUT2D eigenvalue weighted by Crippen LogP contribution is -2.31. The summed E-state index contributed by atoms with van der Waals surface area (Å²) in [5.41, 5.74) is 2.41. The fraction of sp³-hybridized carbons (Fsp3) is 0.290. The molecule has 1 atom stereocenters. The van der Waals surface area contributed by atoms with Gasteiger partial charge in [0.15, 0.2) is 16.9 Å². The number of hydrogen-bond donors (Lipinski definition) is 0. The predicted molar refractivity (Wildman–Crippen MR) is 151 cm³/mol. The number of carbonyl (C=O) groups excluding carboxylic acids is 1. The Kier molecular flexibility index (Phi) is 7.84. The number of ether oxygens (including phenoxy) is 2. The van der Waals surface area contributed by atoms with Gasteiger partial charge in [-0.2, -0.15) is 0 Å². The van der Waals surface area contributed by atoms with Crippen molar-refractivity contribution in [1.29, 1.82) is 0 Å². The minimum absolute atomic E-state index is 0.0988. The number of hydrogen-bond acceptors (Lipinski definition) is 5. The van der Waals surface area contributed by atoms with E-state index < -0.39 is 6.04 Å². The van der Waals surface area contributed by atoms with E-state index in [2.05, 4.69) is 22.9 Å². The number of halogens is 1. The highest BCUT2D eigenvalue weighted by atomic mass is 79.9. The van der Waals surface area contributed by atoms with Crippen LogP contribution in [0.3, 0.4) is 0 Å². The molecule has 0 radical (unpaired) electrons. The van der Waals surface area contributed by atoms with Crippen molar-refractivity contribution < 1.29 is 18.7 Å². The summed E-state index contributed by atoms with van der Waals surface area (Å²) in [6.45, 7) is 3.18. The molecule has 0 N–H and O–H groups in total. The van der Waals surface area contributed by atoms with Gasteiger partial charge in [-0.05, 0) is 54.3 Å². The smallest absolute Gasteiger partial charge is 0.290 e. The Morgan fingerprint density at radius 3 is 2.55 bits per heavy atom. The van der Waals surface area contributed by atoms with E-state index in [-0.39, 0.29) is 17.1 Å². The lowest BCUT2D eigenvalue weighted by atomic mass is 9.97. The minimum atomic E-state index is -0.608. The number of methoxy groups -OCH3 is 1. The Labute approximate surface area is 230 Å². The molecular weight excluding hydrogens is 546 g/mol. The summed E-state index contributed by atoms with van der Waals surface area (Å²) < 4.78 is 18.5. The highest BCUT2D eigenvalue weighted by Crippen LogP contribution is 2.41. The van der Waals surface area contributed by atoms with E-state index in [9.17, 15) is 9.59 Å². The summed E-state index contributed by atoms with van der Waals surface area (Å²) >= 11 is 3.45. The SMILES string of the molecule is CCCCCOc1ccc(C2c3c(oc4ccc(Br)cc4c3=O)C(=O)N2CCc2ccccc2)cc1OC. The van der Waals surface area contributed by atoms with Crippen LogP contribution in [-0.4, -0.2) is 31.1 Å². The molecule has 0 saturated heterocycles. The molecule has 2 heterocycles. The second kappa shape index (κ2) is 11.4. The summed E-state index contributed by atoms with van der Waals surface area (Å²) in [6, 6.07) is 20.3. The largest absolute Gasteiger partial charge is 0.493 e. The highest BCUT2D eigenvalue weighted by Gasteiger charge is 2.42. The van der Waals surface area contributed by atoms with Crippen LogP contribution >= 0.6 is 15.9 Å². The zero-order chi connectivity index (χ0) is 26.6. The second-order valence-electron chi connectivity index (χ2n) is 9.42. The zero-order valence-electron chi connectivity index (χ0n) is 21.5. The monoisotopic (exact) mass is 575 g/mol. The van der Waals surface area contributed by atoms with Gasteiger partial charge in [-0.3, -0.25) is 9.59 Å². The minimum Gasteiger partial charge on any atom is -0.493 e. The number of amides is 1. The molecule has 0 fully saturated rings. The van der Waals surface area contributed by atoms with E-state index in [4.69, 9.17) is 13.9 Å². The third kappa shape index (κ3) is 5.07. The van der Waals surface area contributed by atoms with Gasteiger partial charge in [-0.25, -0.2) is 0 Å². The van der Waals surface area contributed by atoms with Gasteiger partial charge in [0.1, 0.15) is 5.58 Å². The van der Waals surface area contributed by atoms with Gasteiger partial charge < -0.3 is 18.8 Å². The molecule has 1 amide bonds. The zero-order valence-corrected chi connectivity index (χ0v) is 23.1. The van der Waals surface area contributed by atoms with Gasteiger partial charge >= 0.3 is 0 Å². The van der Waals surface area contributed by atoms with Crippen LogP contribution in [0.1, 0.15) is 59.5 Å². The number of rotatable bonds is 10. The van der Waals surface area contributed by atoms with Gasteiger partial charge in [-0.1, -0.05) is 72.1 Å². The highest BCUT2D eigenvalue weighted by molar-refractivity contribution is 9.10. The average Bonchev–Trinajstić information content (AvgIpc) is 3.22. The van der Waals surface area contributed by atoms with Crippen molar-refractivity contribution in [3.63, 3.8) is 0 Å². The molecule has 38 heavy (non-hydrogen) atoms. The first-order chi connectivity index (χ1) is 18.5. The van der Waals surface area contributed by atoms with E-state index in [0.29, 0.717) is 47.6 Å². The maximum Gasteiger partial charge on any atom is 0.290 e. The molecule has 3 aromatic carbocycles.